The summed E-state index contributed by atoms with van der Waals surface area (Å²) in [5, 5.41) is 9.93. The third-order valence-electron chi connectivity index (χ3n) is 5.85. The lowest BCUT2D eigenvalue weighted by Crippen LogP contribution is -2.31. The van der Waals surface area contributed by atoms with Crippen LogP contribution in [0, 0.1) is 0 Å². The number of carbonyl (C=O) groups is 2. The first-order chi connectivity index (χ1) is 17.0. The molecule has 4 aromatic rings. The molecular weight excluding hydrogens is 440 g/mol. The first kappa shape index (κ1) is 23.8. The molecule has 0 radical (unpaired) electrons. The molecule has 0 spiro atoms. The summed E-state index contributed by atoms with van der Waals surface area (Å²) in [7, 11) is 1.80. The monoisotopic (exact) mass is 468 g/mol. The number of aliphatic carboxylic acids is 1. The summed E-state index contributed by atoms with van der Waals surface area (Å²) in [5.41, 5.74) is 3.78. The number of benzene rings is 3. The van der Waals surface area contributed by atoms with Crippen molar-refractivity contribution < 1.29 is 19.4 Å². The maximum atomic E-state index is 13.0. The maximum Gasteiger partial charge on any atom is 0.328 e. The van der Waals surface area contributed by atoms with Crippen molar-refractivity contribution in [1.29, 1.82) is 0 Å². The second kappa shape index (κ2) is 11.2. The quantitative estimate of drug-likeness (QED) is 0.332. The molecule has 178 valence electrons. The molecule has 1 amide bonds. The number of carboxylic acid groups (broad SMARTS) is 1. The first-order valence-corrected chi connectivity index (χ1v) is 11.5. The number of carbonyl (C=O) groups excluding carboxylic acids is 1. The summed E-state index contributed by atoms with van der Waals surface area (Å²) in [6.07, 6.45) is 5.25. The normalized spacial score (nSPS) is 11.1. The smallest absolute Gasteiger partial charge is 0.328 e. The van der Waals surface area contributed by atoms with Crippen molar-refractivity contribution in [3.8, 4) is 5.75 Å². The second-order valence-electron chi connectivity index (χ2n) is 8.39. The van der Waals surface area contributed by atoms with Crippen molar-refractivity contribution in [2.75, 3.05) is 13.6 Å². The van der Waals surface area contributed by atoms with Gasteiger partial charge in [0, 0.05) is 42.9 Å². The number of amides is 1. The van der Waals surface area contributed by atoms with Gasteiger partial charge in [-0.15, -0.1) is 0 Å². The first-order valence-electron chi connectivity index (χ1n) is 11.5. The number of carboxylic acids is 1. The third kappa shape index (κ3) is 6.38. The Morgan fingerprint density at radius 2 is 1.66 bits per heavy atom. The maximum absolute atomic E-state index is 13.0. The van der Waals surface area contributed by atoms with Crippen LogP contribution in [-0.4, -0.2) is 40.0 Å². The van der Waals surface area contributed by atoms with Gasteiger partial charge in [0.1, 0.15) is 18.9 Å². The Morgan fingerprint density at radius 1 is 0.971 bits per heavy atom. The van der Waals surface area contributed by atoms with Crippen LogP contribution < -0.4 is 4.74 Å². The highest BCUT2D eigenvalue weighted by Crippen LogP contribution is 2.27. The molecule has 35 heavy (non-hydrogen) atoms. The Balaban J connectivity index is 1.54. The van der Waals surface area contributed by atoms with E-state index < -0.39 is 5.97 Å². The Labute approximate surface area is 204 Å². The molecule has 0 aliphatic carbocycles. The molecule has 3 aromatic carbocycles. The van der Waals surface area contributed by atoms with E-state index in [1.165, 1.54) is 5.56 Å². The van der Waals surface area contributed by atoms with Gasteiger partial charge in [0.05, 0.1) is 5.52 Å². The Hall–Kier alpha value is -4.32. The highest BCUT2D eigenvalue weighted by atomic mass is 16.5. The minimum atomic E-state index is -1.02. The average molecular weight is 469 g/mol. The van der Waals surface area contributed by atoms with Crippen LogP contribution in [0.3, 0.4) is 0 Å². The van der Waals surface area contributed by atoms with Gasteiger partial charge in [0.15, 0.2) is 0 Å². The number of nitrogens with zero attached hydrogens (tertiary/aromatic N) is 2. The zero-order valence-corrected chi connectivity index (χ0v) is 19.6. The molecule has 0 aliphatic rings. The molecular formula is C29H28N2O4. The number of hydrogen-bond donors (Lipinski definition) is 1. The number of hydrogen-bond acceptors (Lipinski definition) is 3. The van der Waals surface area contributed by atoms with Crippen molar-refractivity contribution >= 4 is 28.9 Å². The molecule has 0 bridgehead atoms. The molecule has 6 heteroatoms. The number of aromatic nitrogens is 1. The lowest BCUT2D eigenvalue weighted by atomic mass is 10.1. The predicted octanol–water partition coefficient (Wildman–Crippen LogP) is 5.02. The highest BCUT2D eigenvalue weighted by Gasteiger charge is 2.14. The third-order valence-corrected chi connectivity index (χ3v) is 5.85. The molecule has 1 aromatic heterocycles. The van der Waals surface area contributed by atoms with Crippen LogP contribution in [0.25, 0.3) is 17.0 Å². The minimum absolute atomic E-state index is 0.0257. The lowest BCUT2D eigenvalue weighted by Gasteiger charge is -2.18. The topological polar surface area (TPSA) is 71.8 Å². The Bertz CT molecular complexity index is 1330. The van der Waals surface area contributed by atoms with E-state index in [4.69, 9.17) is 9.84 Å². The zero-order chi connectivity index (χ0) is 24.6. The average Bonchev–Trinajstić information content (AvgIpc) is 3.22. The van der Waals surface area contributed by atoms with E-state index in [2.05, 4.69) is 12.1 Å². The van der Waals surface area contributed by atoms with Crippen molar-refractivity contribution in [2.24, 2.45) is 0 Å². The van der Waals surface area contributed by atoms with Crippen LogP contribution in [0.5, 0.6) is 5.75 Å². The van der Waals surface area contributed by atoms with Crippen LogP contribution in [0.1, 0.15) is 16.7 Å². The fourth-order valence-electron chi connectivity index (χ4n) is 3.89. The number of likely N-dealkylation sites (N-methyl/N-ethyl adjacent to an activating group) is 1. The van der Waals surface area contributed by atoms with Gasteiger partial charge in [-0.05, 0) is 35.8 Å². The molecule has 1 heterocycles. The molecule has 0 aliphatic heterocycles. The summed E-state index contributed by atoms with van der Waals surface area (Å²) in [6, 6.07) is 25.6. The molecule has 6 nitrogen and oxygen atoms in total. The Morgan fingerprint density at radius 3 is 2.34 bits per heavy atom. The molecule has 1 N–H and O–H groups in total. The summed E-state index contributed by atoms with van der Waals surface area (Å²) in [4.78, 5) is 25.8. The van der Waals surface area contributed by atoms with E-state index in [0.717, 1.165) is 34.5 Å². The summed E-state index contributed by atoms with van der Waals surface area (Å²) in [6.45, 7) is 1.18. The predicted molar refractivity (Wildman–Crippen MR) is 137 cm³/mol. The number of rotatable bonds is 10. The van der Waals surface area contributed by atoms with Gasteiger partial charge in [-0.25, -0.2) is 4.79 Å². The van der Waals surface area contributed by atoms with E-state index in [0.29, 0.717) is 18.9 Å². The van der Waals surface area contributed by atoms with Gasteiger partial charge in [-0.2, -0.15) is 0 Å². The van der Waals surface area contributed by atoms with Gasteiger partial charge in [-0.3, -0.25) is 4.79 Å². The van der Waals surface area contributed by atoms with Crippen molar-refractivity contribution in [1.82, 2.24) is 9.47 Å². The van der Waals surface area contributed by atoms with Crippen LogP contribution >= 0.6 is 0 Å². The standard InChI is InChI=1S/C29H28N2O4/c1-30(17-16-22-8-4-2-5-9-22)28(32)20-31-19-24(12-15-29(33)34)26-14-13-25(18-27(26)31)35-21-23-10-6-3-7-11-23/h2-15,18-19H,16-17,20-21H2,1H3,(H,33,34). The molecule has 0 fully saturated rings. The van der Waals surface area contributed by atoms with E-state index >= 15 is 0 Å². The van der Waals surface area contributed by atoms with Gasteiger partial charge < -0.3 is 19.3 Å². The summed E-state index contributed by atoms with van der Waals surface area (Å²) < 4.78 is 7.84. The second-order valence-corrected chi connectivity index (χ2v) is 8.39. The van der Waals surface area contributed by atoms with E-state index in [-0.39, 0.29) is 12.5 Å². The largest absolute Gasteiger partial charge is 0.489 e. The fraction of sp³-hybridized carbons (Fsp3) is 0.172. The van der Waals surface area contributed by atoms with Crippen molar-refractivity contribution in [3.05, 3.63) is 108 Å². The molecule has 0 unspecified atom stereocenters. The minimum Gasteiger partial charge on any atom is -0.489 e. The van der Waals surface area contributed by atoms with E-state index in [1.807, 2.05) is 77.5 Å². The van der Waals surface area contributed by atoms with E-state index in [1.54, 1.807) is 18.0 Å². The van der Waals surface area contributed by atoms with E-state index in [9.17, 15) is 9.59 Å². The van der Waals surface area contributed by atoms with Crippen molar-refractivity contribution in [3.63, 3.8) is 0 Å². The molecule has 4 rings (SSSR count). The van der Waals surface area contributed by atoms with Crippen LogP contribution in [0.4, 0.5) is 0 Å². The van der Waals surface area contributed by atoms with Crippen LogP contribution in [0.2, 0.25) is 0 Å². The SMILES string of the molecule is CN(CCc1ccccc1)C(=O)Cn1cc(C=CC(=O)O)c2ccc(OCc3ccccc3)cc21. The summed E-state index contributed by atoms with van der Waals surface area (Å²) >= 11 is 0. The molecule has 0 atom stereocenters. The number of ether oxygens (including phenoxy) is 1. The van der Waals surface area contributed by atoms with Gasteiger partial charge in [-0.1, -0.05) is 60.7 Å². The van der Waals surface area contributed by atoms with Gasteiger partial charge in [0.25, 0.3) is 0 Å². The lowest BCUT2D eigenvalue weighted by molar-refractivity contribution is -0.131. The van der Waals surface area contributed by atoms with Crippen LogP contribution in [0.15, 0.2) is 91.1 Å². The Kier molecular flexibility index (Phi) is 7.63. The fourth-order valence-corrected chi connectivity index (χ4v) is 3.89. The van der Waals surface area contributed by atoms with Crippen molar-refractivity contribution in [2.45, 2.75) is 19.6 Å². The van der Waals surface area contributed by atoms with Crippen LogP contribution in [-0.2, 0) is 29.2 Å². The highest BCUT2D eigenvalue weighted by molar-refractivity contribution is 5.95. The molecule has 0 saturated heterocycles. The number of fused-ring (bicyclic) bond motifs is 1. The van der Waals surface area contributed by atoms with Gasteiger partial charge in [0.2, 0.25) is 5.91 Å². The summed E-state index contributed by atoms with van der Waals surface area (Å²) in [5.74, 6) is -0.369. The molecule has 0 saturated carbocycles. The zero-order valence-electron chi connectivity index (χ0n) is 19.6. The van der Waals surface area contributed by atoms with Gasteiger partial charge >= 0.3 is 5.97 Å².